The molecule has 0 fully saturated rings. The average Bonchev–Trinajstić information content (AvgIpc) is 2.90. The quantitative estimate of drug-likeness (QED) is 0.507. The Kier molecular flexibility index (Phi) is 3.93. The number of para-hydroxylation sites is 1. The highest BCUT2D eigenvalue weighted by Crippen LogP contribution is 2.17. The lowest BCUT2D eigenvalue weighted by Gasteiger charge is -2.01. The molecule has 0 unspecified atom stereocenters. The van der Waals surface area contributed by atoms with Crippen LogP contribution in [0.4, 0.5) is 0 Å². The van der Waals surface area contributed by atoms with Gasteiger partial charge in [-0.2, -0.15) is 0 Å². The monoisotopic (exact) mass is 256 g/mol. The van der Waals surface area contributed by atoms with Crippen LogP contribution in [0.15, 0.2) is 53.2 Å². The molecule has 4 nitrogen and oxygen atoms in total. The first-order valence-electron chi connectivity index (χ1n) is 5.72. The number of allylic oxidation sites excluding steroid dienone is 1. The van der Waals surface area contributed by atoms with E-state index in [1.54, 1.807) is 24.3 Å². The second-order valence-electron chi connectivity index (χ2n) is 3.93. The highest BCUT2D eigenvalue weighted by Gasteiger charge is 2.13. The van der Waals surface area contributed by atoms with Gasteiger partial charge in [-0.25, -0.2) is 0 Å². The molecule has 0 radical (unpaired) electrons. The van der Waals surface area contributed by atoms with Crippen molar-refractivity contribution in [2.45, 2.75) is 6.42 Å². The number of furan rings is 1. The van der Waals surface area contributed by atoms with Gasteiger partial charge in [0.15, 0.2) is 11.6 Å². The molecule has 0 saturated carbocycles. The molecule has 0 spiro atoms. The van der Waals surface area contributed by atoms with Crippen LogP contribution in [0, 0.1) is 0 Å². The summed E-state index contributed by atoms with van der Waals surface area (Å²) in [7, 11) is 0. The number of ketones is 2. The highest BCUT2D eigenvalue weighted by atomic mass is 16.3. The van der Waals surface area contributed by atoms with Crippen molar-refractivity contribution in [3.8, 4) is 5.75 Å². The average molecular weight is 256 g/mol. The maximum absolute atomic E-state index is 11.8. The maximum atomic E-state index is 11.8. The Morgan fingerprint density at radius 1 is 1.16 bits per heavy atom. The number of phenols is 1. The minimum absolute atomic E-state index is 0.115. The van der Waals surface area contributed by atoms with Gasteiger partial charge >= 0.3 is 0 Å². The van der Waals surface area contributed by atoms with Gasteiger partial charge in [0.2, 0.25) is 0 Å². The zero-order valence-electron chi connectivity index (χ0n) is 10.1. The first-order valence-corrected chi connectivity index (χ1v) is 5.72. The van der Waals surface area contributed by atoms with Crippen molar-refractivity contribution in [3.05, 3.63) is 60.1 Å². The minimum Gasteiger partial charge on any atom is -0.507 e. The highest BCUT2D eigenvalue weighted by molar-refractivity contribution is 6.13. The fourth-order valence-electron chi connectivity index (χ4n) is 1.58. The van der Waals surface area contributed by atoms with E-state index in [9.17, 15) is 14.7 Å². The summed E-state index contributed by atoms with van der Waals surface area (Å²) in [4.78, 5) is 23.4. The first kappa shape index (κ1) is 12.8. The van der Waals surface area contributed by atoms with Crippen molar-refractivity contribution in [2.24, 2.45) is 0 Å². The lowest BCUT2D eigenvalue weighted by molar-refractivity contribution is -0.113. The number of carbonyl (C=O) groups excluding carboxylic acids is 2. The smallest absolute Gasteiger partial charge is 0.174 e. The number of rotatable bonds is 5. The van der Waals surface area contributed by atoms with Gasteiger partial charge in [-0.15, -0.1) is 0 Å². The third-order valence-electron chi connectivity index (χ3n) is 2.52. The number of hydrogen-bond donors (Lipinski definition) is 1. The van der Waals surface area contributed by atoms with Crippen LogP contribution in [0.5, 0.6) is 5.75 Å². The van der Waals surface area contributed by atoms with Crippen LogP contribution in [-0.4, -0.2) is 16.7 Å². The predicted molar refractivity (Wildman–Crippen MR) is 69.8 cm³/mol. The van der Waals surface area contributed by atoms with Crippen molar-refractivity contribution >= 4 is 17.6 Å². The molecular formula is C15H12O4. The molecule has 0 amide bonds. The summed E-state index contributed by atoms with van der Waals surface area (Å²) in [5.74, 6) is -0.324. The Morgan fingerprint density at radius 2 is 1.95 bits per heavy atom. The van der Waals surface area contributed by atoms with Gasteiger partial charge in [0.25, 0.3) is 0 Å². The number of hydrogen-bond acceptors (Lipinski definition) is 4. The van der Waals surface area contributed by atoms with Crippen molar-refractivity contribution < 1.29 is 19.1 Å². The lowest BCUT2D eigenvalue weighted by atomic mass is 10.0. The molecule has 96 valence electrons. The molecule has 2 aromatic rings. The number of benzene rings is 1. The van der Waals surface area contributed by atoms with Crippen LogP contribution in [0.3, 0.4) is 0 Å². The van der Waals surface area contributed by atoms with Crippen molar-refractivity contribution in [2.75, 3.05) is 0 Å². The third kappa shape index (κ3) is 3.42. The molecule has 0 saturated heterocycles. The van der Waals surface area contributed by atoms with Gasteiger partial charge < -0.3 is 9.52 Å². The van der Waals surface area contributed by atoms with Gasteiger partial charge in [0.1, 0.15) is 11.5 Å². The van der Waals surface area contributed by atoms with Crippen LogP contribution in [0.1, 0.15) is 22.5 Å². The van der Waals surface area contributed by atoms with Gasteiger partial charge in [0.05, 0.1) is 18.2 Å². The molecule has 0 aliphatic rings. The second kappa shape index (κ2) is 5.82. The Balaban J connectivity index is 2.00. The topological polar surface area (TPSA) is 67.5 Å². The largest absolute Gasteiger partial charge is 0.507 e. The SMILES string of the molecule is O=C(/C=C/c1ccco1)CC(=O)c1ccccc1O. The molecule has 19 heavy (non-hydrogen) atoms. The Hall–Kier alpha value is -2.62. The molecule has 0 aliphatic heterocycles. The minimum atomic E-state index is -0.410. The molecule has 1 N–H and O–H groups in total. The van der Waals surface area contributed by atoms with E-state index in [0.717, 1.165) is 0 Å². The van der Waals surface area contributed by atoms with Gasteiger partial charge in [-0.3, -0.25) is 9.59 Å². The van der Waals surface area contributed by atoms with Gasteiger partial charge in [-0.1, -0.05) is 12.1 Å². The Morgan fingerprint density at radius 3 is 2.63 bits per heavy atom. The van der Waals surface area contributed by atoms with Crippen LogP contribution in [0.2, 0.25) is 0 Å². The number of Topliss-reactive ketones (excluding diaryl/α,β-unsaturated/α-hetero) is 1. The Labute approximate surface area is 110 Å². The Bertz CT molecular complexity index is 609. The summed E-state index contributed by atoms with van der Waals surface area (Å²) < 4.78 is 5.03. The first-order chi connectivity index (χ1) is 9.16. The van der Waals surface area contributed by atoms with Crippen molar-refractivity contribution in [1.82, 2.24) is 0 Å². The molecule has 2 rings (SSSR count). The molecule has 1 aromatic carbocycles. The summed E-state index contributed by atoms with van der Waals surface area (Å²) in [5, 5.41) is 9.51. The summed E-state index contributed by atoms with van der Waals surface area (Å²) in [5.41, 5.74) is 0.155. The summed E-state index contributed by atoms with van der Waals surface area (Å²) >= 11 is 0. The van der Waals surface area contributed by atoms with Crippen molar-refractivity contribution in [3.63, 3.8) is 0 Å². The van der Waals surface area contributed by atoms with Gasteiger partial charge in [0, 0.05) is 0 Å². The number of aromatic hydroxyl groups is 1. The van der Waals surface area contributed by atoms with E-state index in [4.69, 9.17) is 4.42 Å². The molecule has 1 heterocycles. The zero-order valence-corrected chi connectivity index (χ0v) is 10.1. The molecule has 4 heteroatoms. The van der Waals surface area contributed by atoms with E-state index >= 15 is 0 Å². The van der Waals surface area contributed by atoms with E-state index in [-0.39, 0.29) is 23.5 Å². The molecule has 0 bridgehead atoms. The van der Waals surface area contributed by atoms with Crippen LogP contribution in [0.25, 0.3) is 6.08 Å². The van der Waals surface area contributed by atoms with E-state index in [0.29, 0.717) is 5.76 Å². The van der Waals surface area contributed by atoms with Crippen LogP contribution in [-0.2, 0) is 4.79 Å². The predicted octanol–water partition coefficient (Wildman–Crippen LogP) is 2.84. The number of carbonyl (C=O) groups is 2. The second-order valence-corrected chi connectivity index (χ2v) is 3.93. The van der Waals surface area contributed by atoms with Crippen LogP contribution >= 0.6 is 0 Å². The van der Waals surface area contributed by atoms with Crippen molar-refractivity contribution in [1.29, 1.82) is 0 Å². The molecule has 0 aliphatic carbocycles. The maximum Gasteiger partial charge on any atom is 0.174 e. The van der Waals surface area contributed by atoms with Crippen LogP contribution < -0.4 is 0 Å². The fourth-order valence-corrected chi connectivity index (χ4v) is 1.58. The van der Waals surface area contributed by atoms with E-state index in [2.05, 4.69) is 0 Å². The van der Waals surface area contributed by atoms with E-state index in [1.165, 1.54) is 30.5 Å². The number of phenolic OH excluding ortho intramolecular Hbond substituents is 1. The lowest BCUT2D eigenvalue weighted by Crippen LogP contribution is -2.06. The molecular weight excluding hydrogens is 244 g/mol. The zero-order chi connectivity index (χ0) is 13.7. The summed E-state index contributed by atoms with van der Waals surface area (Å²) in [6.45, 7) is 0. The molecule has 0 atom stereocenters. The molecule has 1 aromatic heterocycles. The normalized spacial score (nSPS) is 10.7. The van der Waals surface area contributed by atoms with E-state index < -0.39 is 5.78 Å². The fraction of sp³-hybridized carbons (Fsp3) is 0.0667. The van der Waals surface area contributed by atoms with Gasteiger partial charge in [-0.05, 0) is 36.4 Å². The summed E-state index contributed by atoms with van der Waals surface area (Å²) in [6.07, 6.45) is 4.00. The third-order valence-corrected chi connectivity index (χ3v) is 2.52. The standard InChI is InChI=1S/C15H12O4/c16-11(7-8-12-4-3-9-19-12)10-15(18)13-5-1-2-6-14(13)17/h1-9,17H,10H2/b8-7+. The van der Waals surface area contributed by atoms with E-state index in [1.807, 2.05) is 0 Å². The summed E-state index contributed by atoms with van der Waals surface area (Å²) in [6, 6.07) is 9.56.